The summed E-state index contributed by atoms with van der Waals surface area (Å²) in [7, 11) is 5.43. The van der Waals surface area contributed by atoms with Crippen LogP contribution in [0, 0.1) is 5.92 Å². The van der Waals surface area contributed by atoms with Gasteiger partial charge in [-0.3, -0.25) is 9.59 Å². The van der Waals surface area contributed by atoms with Gasteiger partial charge in [-0.15, -0.1) is 0 Å². The van der Waals surface area contributed by atoms with E-state index in [4.69, 9.17) is 4.74 Å². The Labute approximate surface area is 123 Å². The molecule has 2 rings (SSSR count). The van der Waals surface area contributed by atoms with E-state index in [2.05, 4.69) is 0 Å². The van der Waals surface area contributed by atoms with Crippen LogP contribution in [0.2, 0.25) is 0 Å². The molecule has 1 aliphatic heterocycles. The minimum absolute atomic E-state index is 0.148. The molecule has 1 heterocycles. The molecule has 0 aromatic heterocycles. The second-order valence-electron chi connectivity index (χ2n) is 5.41. The third kappa shape index (κ3) is 3.16. The third-order valence-corrected chi connectivity index (χ3v) is 3.79. The SMILES string of the molecule is CN(C)c1cccc(C(=O)N(C)C2COCC2C(=O)O)c1. The standard InChI is InChI=1S/C15H20N2O4/c1-16(2)11-6-4-5-10(7-11)14(18)17(3)13-9-21-8-12(13)15(19)20/h4-7,12-13H,8-9H2,1-3H3,(H,19,20). The minimum Gasteiger partial charge on any atom is -0.481 e. The molecule has 1 saturated heterocycles. The second kappa shape index (κ2) is 6.13. The third-order valence-electron chi connectivity index (χ3n) is 3.79. The number of hydrogen-bond acceptors (Lipinski definition) is 4. The molecule has 21 heavy (non-hydrogen) atoms. The van der Waals surface area contributed by atoms with Crippen LogP contribution in [0.15, 0.2) is 24.3 Å². The molecule has 2 atom stereocenters. The van der Waals surface area contributed by atoms with Gasteiger partial charge >= 0.3 is 5.97 Å². The zero-order valence-corrected chi connectivity index (χ0v) is 12.4. The largest absolute Gasteiger partial charge is 0.481 e. The van der Waals surface area contributed by atoms with Crippen molar-refractivity contribution in [1.82, 2.24) is 4.90 Å². The highest BCUT2D eigenvalue weighted by Crippen LogP contribution is 2.22. The van der Waals surface area contributed by atoms with Crippen molar-refractivity contribution in [3.8, 4) is 0 Å². The zero-order chi connectivity index (χ0) is 15.6. The summed E-state index contributed by atoms with van der Waals surface area (Å²) in [6.45, 7) is 0.405. The number of carboxylic acid groups (broad SMARTS) is 1. The van der Waals surface area contributed by atoms with E-state index in [0.717, 1.165) is 5.69 Å². The van der Waals surface area contributed by atoms with Crippen LogP contribution >= 0.6 is 0 Å². The molecule has 6 nitrogen and oxygen atoms in total. The summed E-state index contributed by atoms with van der Waals surface area (Å²) in [5.41, 5.74) is 1.46. The molecular formula is C15H20N2O4. The smallest absolute Gasteiger partial charge is 0.311 e. The lowest BCUT2D eigenvalue weighted by Gasteiger charge is -2.26. The first-order valence-corrected chi connectivity index (χ1v) is 6.77. The van der Waals surface area contributed by atoms with Crippen LogP contribution in [0.5, 0.6) is 0 Å². The number of ether oxygens (including phenoxy) is 1. The van der Waals surface area contributed by atoms with Gasteiger partial charge in [-0.2, -0.15) is 0 Å². The molecule has 2 unspecified atom stereocenters. The molecule has 1 aliphatic rings. The van der Waals surface area contributed by atoms with Crippen LogP contribution in [-0.2, 0) is 9.53 Å². The maximum Gasteiger partial charge on any atom is 0.311 e. The first-order chi connectivity index (χ1) is 9.91. The van der Waals surface area contributed by atoms with Crippen molar-refractivity contribution in [2.24, 2.45) is 5.92 Å². The van der Waals surface area contributed by atoms with Crippen molar-refractivity contribution in [3.05, 3.63) is 29.8 Å². The number of carbonyl (C=O) groups excluding carboxylic acids is 1. The summed E-state index contributed by atoms with van der Waals surface area (Å²) in [6.07, 6.45) is 0. The lowest BCUT2D eigenvalue weighted by molar-refractivity contribution is -0.142. The van der Waals surface area contributed by atoms with Gasteiger partial charge in [0.15, 0.2) is 0 Å². The number of benzene rings is 1. The molecule has 0 saturated carbocycles. The van der Waals surface area contributed by atoms with Gasteiger partial charge in [0.05, 0.1) is 19.3 Å². The summed E-state index contributed by atoms with van der Waals surface area (Å²) >= 11 is 0. The Balaban J connectivity index is 2.19. The van der Waals surface area contributed by atoms with Crippen molar-refractivity contribution in [1.29, 1.82) is 0 Å². The highest BCUT2D eigenvalue weighted by atomic mass is 16.5. The number of amides is 1. The van der Waals surface area contributed by atoms with E-state index >= 15 is 0 Å². The molecule has 6 heteroatoms. The Morgan fingerprint density at radius 2 is 1.95 bits per heavy atom. The molecule has 1 N–H and O–H groups in total. The fourth-order valence-electron chi connectivity index (χ4n) is 2.43. The first-order valence-electron chi connectivity index (χ1n) is 6.77. The lowest BCUT2D eigenvalue weighted by atomic mass is 10.0. The van der Waals surface area contributed by atoms with Crippen molar-refractivity contribution >= 4 is 17.6 Å². The van der Waals surface area contributed by atoms with Gasteiger partial charge < -0.3 is 19.6 Å². The maximum absolute atomic E-state index is 12.5. The van der Waals surface area contributed by atoms with Gasteiger partial charge in [0.2, 0.25) is 0 Å². The average Bonchev–Trinajstić information content (AvgIpc) is 2.95. The van der Waals surface area contributed by atoms with Gasteiger partial charge in [0.25, 0.3) is 5.91 Å². The number of anilines is 1. The highest BCUT2D eigenvalue weighted by molar-refractivity contribution is 5.95. The Morgan fingerprint density at radius 3 is 2.57 bits per heavy atom. The average molecular weight is 292 g/mol. The van der Waals surface area contributed by atoms with E-state index in [9.17, 15) is 14.7 Å². The number of likely N-dealkylation sites (N-methyl/N-ethyl adjacent to an activating group) is 1. The molecule has 1 aromatic rings. The predicted octanol–water partition coefficient (Wildman–Crippen LogP) is 0.924. The van der Waals surface area contributed by atoms with Gasteiger partial charge in [-0.25, -0.2) is 0 Å². The number of rotatable bonds is 4. The summed E-state index contributed by atoms with van der Waals surface area (Å²) in [4.78, 5) is 27.1. The van der Waals surface area contributed by atoms with Crippen LogP contribution < -0.4 is 4.90 Å². The van der Waals surface area contributed by atoms with E-state index in [1.165, 1.54) is 4.90 Å². The van der Waals surface area contributed by atoms with Crippen molar-refractivity contribution in [3.63, 3.8) is 0 Å². The first kappa shape index (κ1) is 15.3. The number of carbonyl (C=O) groups is 2. The second-order valence-corrected chi connectivity index (χ2v) is 5.41. The van der Waals surface area contributed by atoms with Gasteiger partial charge in [-0.1, -0.05) is 6.07 Å². The molecule has 0 radical (unpaired) electrons. The zero-order valence-electron chi connectivity index (χ0n) is 12.4. The summed E-state index contributed by atoms with van der Waals surface area (Å²) in [6, 6.07) is 6.83. The molecule has 114 valence electrons. The predicted molar refractivity (Wildman–Crippen MR) is 78.6 cm³/mol. The van der Waals surface area contributed by atoms with Gasteiger partial charge in [-0.05, 0) is 18.2 Å². The molecule has 0 bridgehead atoms. The summed E-state index contributed by atoms with van der Waals surface area (Å²) < 4.78 is 5.22. The van der Waals surface area contributed by atoms with Crippen LogP contribution in [0.4, 0.5) is 5.69 Å². The maximum atomic E-state index is 12.5. The lowest BCUT2D eigenvalue weighted by Crippen LogP contribution is -2.44. The number of aliphatic carboxylic acids is 1. The van der Waals surface area contributed by atoms with Crippen LogP contribution in [0.25, 0.3) is 0 Å². The van der Waals surface area contributed by atoms with Crippen LogP contribution in [0.3, 0.4) is 0 Å². The molecular weight excluding hydrogens is 272 g/mol. The van der Waals surface area contributed by atoms with E-state index in [-0.39, 0.29) is 19.1 Å². The number of carboxylic acids is 1. The topological polar surface area (TPSA) is 70.1 Å². The fourth-order valence-corrected chi connectivity index (χ4v) is 2.43. The summed E-state index contributed by atoms with van der Waals surface area (Å²) in [5.74, 6) is -1.80. The molecule has 0 spiro atoms. The van der Waals surface area contributed by atoms with Crippen LogP contribution in [0.1, 0.15) is 10.4 Å². The molecule has 1 aromatic carbocycles. The van der Waals surface area contributed by atoms with E-state index < -0.39 is 17.9 Å². The van der Waals surface area contributed by atoms with Crippen molar-refractivity contribution < 1.29 is 19.4 Å². The summed E-state index contributed by atoms with van der Waals surface area (Å²) in [5, 5.41) is 9.18. The fraction of sp³-hybridized carbons (Fsp3) is 0.467. The van der Waals surface area contributed by atoms with Gasteiger partial charge in [0, 0.05) is 32.4 Å². The molecule has 1 fully saturated rings. The Kier molecular flexibility index (Phi) is 4.47. The Bertz CT molecular complexity index is 544. The van der Waals surface area contributed by atoms with Crippen molar-refractivity contribution in [2.75, 3.05) is 39.3 Å². The highest BCUT2D eigenvalue weighted by Gasteiger charge is 2.38. The van der Waals surface area contributed by atoms with Crippen molar-refractivity contribution in [2.45, 2.75) is 6.04 Å². The van der Waals surface area contributed by atoms with E-state index in [1.807, 2.05) is 31.1 Å². The van der Waals surface area contributed by atoms with Crippen LogP contribution in [-0.4, -0.2) is 62.3 Å². The number of hydrogen-bond donors (Lipinski definition) is 1. The quantitative estimate of drug-likeness (QED) is 0.894. The van der Waals surface area contributed by atoms with E-state index in [1.54, 1.807) is 19.2 Å². The Hall–Kier alpha value is -2.08. The van der Waals surface area contributed by atoms with E-state index in [0.29, 0.717) is 5.56 Å². The molecule has 1 amide bonds. The monoisotopic (exact) mass is 292 g/mol. The minimum atomic E-state index is -0.931. The Morgan fingerprint density at radius 1 is 1.24 bits per heavy atom. The number of nitrogens with zero attached hydrogens (tertiary/aromatic N) is 2. The molecule has 0 aliphatic carbocycles. The normalized spacial score (nSPS) is 21.1. The van der Waals surface area contributed by atoms with Gasteiger partial charge in [0.1, 0.15) is 5.92 Å².